The van der Waals surface area contributed by atoms with Gasteiger partial charge in [0.1, 0.15) is 0 Å². The van der Waals surface area contributed by atoms with E-state index in [2.05, 4.69) is 13.8 Å². The monoisotopic (exact) mass is 647 g/mol. The van der Waals surface area contributed by atoms with Crippen molar-refractivity contribution in [3.05, 3.63) is 66.2 Å². The summed E-state index contributed by atoms with van der Waals surface area (Å²) in [4.78, 5) is 35.5. The highest BCUT2D eigenvalue weighted by Crippen LogP contribution is 2.37. The number of hydrogen-bond acceptors (Lipinski definition) is 6. The van der Waals surface area contributed by atoms with Gasteiger partial charge in [0.15, 0.2) is 0 Å². The zero-order valence-corrected chi connectivity index (χ0v) is 29.2. The third-order valence-corrected chi connectivity index (χ3v) is 9.79. The average molecular weight is 648 g/mol. The highest BCUT2D eigenvalue weighted by Gasteiger charge is 2.43. The van der Waals surface area contributed by atoms with Crippen molar-refractivity contribution >= 4 is 0 Å². The SMILES string of the molecule is CCCCCCCCCCC(CCCC(CCCCCCCC(CCCCCCCC)[N+](=O)[O-])(c1ccccc1)[N+](=O)[O-])[N+](=O)[O-]. The zero-order chi connectivity index (χ0) is 33.9. The van der Waals surface area contributed by atoms with E-state index in [1.807, 2.05) is 30.3 Å². The number of nitro groups is 3. The predicted molar refractivity (Wildman–Crippen MR) is 188 cm³/mol. The van der Waals surface area contributed by atoms with Crippen molar-refractivity contribution in [1.29, 1.82) is 0 Å². The van der Waals surface area contributed by atoms with Crippen LogP contribution in [0.3, 0.4) is 0 Å². The predicted octanol–water partition coefficient (Wildman–Crippen LogP) is 11.6. The van der Waals surface area contributed by atoms with Crippen LogP contribution in [0.15, 0.2) is 30.3 Å². The van der Waals surface area contributed by atoms with Gasteiger partial charge in [-0.2, -0.15) is 0 Å². The summed E-state index contributed by atoms with van der Waals surface area (Å²) in [5.41, 5.74) is -0.585. The first kappa shape index (κ1) is 41.4. The van der Waals surface area contributed by atoms with Gasteiger partial charge in [0.05, 0.1) is 0 Å². The van der Waals surface area contributed by atoms with Gasteiger partial charge in [-0.15, -0.1) is 0 Å². The maximum Gasteiger partial charge on any atom is 0.247 e. The summed E-state index contributed by atoms with van der Waals surface area (Å²) in [5, 5.41) is 36.0. The standard InChI is InChI=1S/C37H65N3O6/c1-3-5-7-9-11-12-15-22-30-36(39(43)44)31-25-33-37(40(45)46,34-26-19-18-20-27-34)32-24-17-13-16-23-29-35(38(41)42)28-21-14-10-8-6-4-2/h18-20,26-27,35-36H,3-17,21-25,28-33H2,1-2H3. The summed E-state index contributed by atoms with van der Waals surface area (Å²) < 4.78 is 0. The molecular weight excluding hydrogens is 582 g/mol. The first-order valence-corrected chi connectivity index (χ1v) is 18.8. The van der Waals surface area contributed by atoms with Crippen molar-refractivity contribution < 1.29 is 14.8 Å². The van der Waals surface area contributed by atoms with Gasteiger partial charge in [0.2, 0.25) is 17.6 Å². The van der Waals surface area contributed by atoms with Crippen LogP contribution in [-0.2, 0) is 5.54 Å². The molecule has 264 valence electrons. The summed E-state index contributed by atoms with van der Waals surface area (Å²) >= 11 is 0. The summed E-state index contributed by atoms with van der Waals surface area (Å²) in [6.45, 7) is 4.38. The van der Waals surface area contributed by atoms with E-state index in [1.54, 1.807) is 0 Å². The molecule has 0 heterocycles. The fourth-order valence-electron chi connectivity index (χ4n) is 6.79. The van der Waals surface area contributed by atoms with E-state index in [9.17, 15) is 30.3 Å². The smallest absolute Gasteiger partial charge is 0.247 e. The van der Waals surface area contributed by atoms with Crippen LogP contribution in [-0.4, -0.2) is 26.9 Å². The molecule has 46 heavy (non-hydrogen) atoms. The largest absolute Gasteiger partial charge is 0.264 e. The van der Waals surface area contributed by atoms with Crippen LogP contribution in [0.5, 0.6) is 0 Å². The number of benzene rings is 1. The van der Waals surface area contributed by atoms with Gasteiger partial charge in [-0.05, 0) is 32.1 Å². The van der Waals surface area contributed by atoms with Crippen LogP contribution in [0.2, 0.25) is 0 Å². The van der Waals surface area contributed by atoms with Gasteiger partial charge in [0, 0.05) is 58.9 Å². The quantitative estimate of drug-likeness (QED) is 0.0434. The molecule has 0 aromatic heterocycles. The fourth-order valence-corrected chi connectivity index (χ4v) is 6.79. The lowest BCUT2D eigenvalue weighted by molar-refractivity contribution is -0.583. The van der Waals surface area contributed by atoms with Crippen LogP contribution in [0.25, 0.3) is 0 Å². The molecule has 0 aliphatic rings. The van der Waals surface area contributed by atoms with Crippen molar-refractivity contribution in [2.75, 3.05) is 0 Å². The van der Waals surface area contributed by atoms with Crippen LogP contribution < -0.4 is 0 Å². The van der Waals surface area contributed by atoms with Gasteiger partial charge in [-0.3, -0.25) is 30.3 Å². The van der Waals surface area contributed by atoms with E-state index < -0.39 is 17.6 Å². The minimum atomic E-state index is -1.26. The Bertz CT molecular complexity index is 931. The Kier molecular flexibility index (Phi) is 23.9. The van der Waals surface area contributed by atoms with E-state index in [-0.39, 0.29) is 21.2 Å². The molecule has 0 amide bonds. The lowest BCUT2D eigenvalue weighted by Gasteiger charge is -2.26. The first-order valence-electron chi connectivity index (χ1n) is 18.8. The van der Waals surface area contributed by atoms with Crippen molar-refractivity contribution in [3.8, 4) is 0 Å². The minimum Gasteiger partial charge on any atom is -0.264 e. The summed E-state index contributed by atoms with van der Waals surface area (Å²) in [6.07, 6.45) is 23.3. The molecule has 0 radical (unpaired) electrons. The molecule has 1 aromatic rings. The van der Waals surface area contributed by atoms with Crippen LogP contribution in [0.1, 0.15) is 186 Å². The Morgan fingerprint density at radius 1 is 0.500 bits per heavy atom. The van der Waals surface area contributed by atoms with Gasteiger partial charge in [0.25, 0.3) is 0 Å². The Morgan fingerprint density at radius 2 is 0.848 bits per heavy atom. The third-order valence-electron chi connectivity index (χ3n) is 9.79. The Hall–Kier alpha value is -2.58. The molecule has 0 spiro atoms. The van der Waals surface area contributed by atoms with Crippen LogP contribution in [0, 0.1) is 30.3 Å². The molecule has 0 saturated carbocycles. The molecule has 3 unspecified atom stereocenters. The molecule has 1 aromatic carbocycles. The molecule has 0 bridgehead atoms. The van der Waals surface area contributed by atoms with Gasteiger partial charge in [-0.25, -0.2) is 0 Å². The lowest BCUT2D eigenvalue weighted by atomic mass is 9.80. The number of unbranched alkanes of at least 4 members (excludes halogenated alkanes) is 16. The van der Waals surface area contributed by atoms with Gasteiger partial charge < -0.3 is 0 Å². The van der Waals surface area contributed by atoms with Crippen molar-refractivity contribution in [2.45, 2.75) is 198 Å². The Balaban J connectivity index is 2.56. The van der Waals surface area contributed by atoms with Crippen molar-refractivity contribution in [1.82, 2.24) is 0 Å². The second kappa shape index (κ2) is 26.5. The summed E-state index contributed by atoms with van der Waals surface area (Å²) in [7, 11) is 0. The third kappa shape index (κ3) is 17.9. The van der Waals surface area contributed by atoms with E-state index in [0.717, 1.165) is 64.2 Å². The van der Waals surface area contributed by atoms with Crippen LogP contribution >= 0.6 is 0 Å². The highest BCUT2D eigenvalue weighted by atomic mass is 16.6. The van der Waals surface area contributed by atoms with Crippen molar-refractivity contribution in [2.24, 2.45) is 0 Å². The highest BCUT2D eigenvalue weighted by molar-refractivity contribution is 5.22. The molecule has 0 aliphatic carbocycles. The normalized spacial score (nSPS) is 14.0. The van der Waals surface area contributed by atoms with Gasteiger partial charge in [-0.1, -0.05) is 140 Å². The fraction of sp³-hybridized carbons (Fsp3) is 0.838. The van der Waals surface area contributed by atoms with Crippen LogP contribution in [0.4, 0.5) is 0 Å². The number of hydrogen-bond donors (Lipinski definition) is 0. The Labute approximate surface area is 279 Å². The number of nitrogens with zero attached hydrogens (tertiary/aromatic N) is 3. The van der Waals surface area contributed by atoms with Crippen molar-refractivity contribution in [3.63, 3.8) is 0 Å². The summed E-state index contributed by atoms with van der Waals surface area (Å²) in [5.74, 6) is 0. The number of rotatable bonds is 32. The molecule has 0 N–H and O–H groups in total. The molecule has 3 atom stereocenters. The minimum absolute atomic E-state index is 0.115. The van der Waals surface area contributed by atoms with E-state index in [0.29, 0.717) is 50.5 Å². The molecule has 9 heteroatoms. The lowest BCUT2D eigenvalue weighted by Crippen LogP contribution is -2.36. The molecule has 0 aliphatic heterocycles. The topological polar surface area (TPSA) is 129 Å². The second-order valence-corrected chi connectivity index (χ2v) is 13.6. The maximum atomic E-state index is 12.6. The Morgan fingerprint density at radius 3 is 1.24 bits per heavy atom. The molecule has 9 nitrogen and oxygen atoms in total. The summed E-state index contributed by atoms with van der Waals surface area (Å²) in [6, 6.07) is 8.02. The molecule has 1 rings (SSSR count). The zero-order valence-electron chi connectivity index (χ0n) is 29.2. The first-order chi connectivity index (χ1) is 22.3. The average Bonchev–Trinajstić information content (AvgIpc) is 3.04. The van der Waals surface area contributed by atoms with Gasteiger partial charge >= 0.3 is 0 Å². The van der Waals surface area contributed by atoms with E-state index in [4.69, 9.17) is 0 Å². The second-order valence-electron chi connectivity index (χ2n) is 13.6. The van der Waals surface area contributed by atoms with E-state index in [1.165, 1.54) is 51.4 Å². The molecule has 0 saturated heterocycles. The maximum absolute atomic E-state index is 12.6. The van der Waals surface area contributed by atoms with E-state index >= 15 is 0 Å². The molecule has 0 fully saturated rings. The molecular formula is C37H65N3O6.